The number of rotatable bonds is 6. The molecule has 5 nitrogen and oxygen atoms in total. The van der Waals surface area contributed by atoms with Gasteiger partial charge in [0, 0.05) is 18.5 Å². The normalized spacial score (nSPS) is 20.5. The van der Waals surface area contributed by atoms with Crippen LogP contribution in [0.2, 0.25) is 0 Å². The van der Waals surface area contributed by atoms with Gasteiger partial charge in [-0.15, -0.1) is 0 Å². The fraction of sp³-hybridized carbons (Fsp3) is 0.500. The maximum absolute atomic E-state index is 13.9. The smallest absolute Gasteiger partial charge is 0.316 e. The highest BCUT2D eigenvalue weighted by atomic mass is 19.4. The van der Waals surface area contributed by atoms with E-state index in [1.807, 2.05) is 5.32 Å². The van der Waals surface area contributed by atoms with Crippen LogP contribution in [0.15, 0.2) is 35.3 Å². The van der Waals surface area contributed by atoms with E-state index in [0.29, 0.717) is 12.0 Å². The lowest BCUT2D eigenvalue weighted by molar-refractivity contribution is -0.200. The van der Waals surface area contributed by atoms with E-state index in [0.717, 1.165) is 4.90 Å². The van der Waals surface area contributed by atoms with Crippen LogP contribution >= 0.6 is 0 Å². The first kappa shape index (κ1) is 19.9. The number of nitrogens with one attached hydrogen (secondary N) is 1. The Labute approximate surface area is 150 Å². The second-order valence-corrected chi connectivity index (χ2v) is 6.61. The predicted octanol–water partition coefficient (Wildman–Crippen LogP) is 3.11. The first-order valence-electron chi connectivity index (χ1n) is 8.47. The van der Waals surface area contributed by atoms with E-state index >= 15 is 0 Å². The van der Waals surface area contributed by atoms with E-state index < -0.39 is 23.7 Å². The predicted molar refractivity (Wildman–Crippen MR) is 91.4 cm³/mol. The van der Waals surface area contributed by atoms with E-state index in [-0.39, 0.29) is 24.7 Å². The van der Waals surface area contributed by atoms with Gasteiger partial charge in [0.05, 0.1) is 0 Å². The molecule has 0 saturated heterocycles. The fourth-order valence-electron chi connectivity index (χ4n) is 2.76. The summed E-state index contributed by atoms with van der Waals surface area (Å²) < 4.78 is 41.7. The fourth-order valence-corrected chi connectivity index (χ4v) is 2.76. The van der Waals surface area contributed by atoms with Crippen molar-refractivity contribution >= 4 is 17.6 Å². The van der Waals surface area contributed by atoms with Crippen molar-refractivity contribution in [1.82, 2.24) is 10.2 Å². The molecule has 1 aliphatic heterocycles. The molecule has 0 aliphatic carbocycles. The number of hydrogen-bond donors (Lipinski definition) is 1. The number of halogens is 3. The van der Waals surface area contributed by atoms with Crippen molar-refractivity contribution < 1.29 is 22.8 Å². The van der Waals surface area contributed by atoms with Gasteiger partial charge in [0.15, 0.2) is 0 Å². The maximum Gasteiger partial charge on any atom is 0.442 e. The summed E-state index contributed by atoms with van der Waals surface area (Å²) in [7, 11) is 0. The molecule has 1 N–H and O–H groups in total. The van der Waals surface area contributed by atoms with Crippen molar-refractivity contribution in [3.8, 4) is 0 Å². The number of carbonyl (C=O) groups is 2. The highest BCUT2D eigenvalue weighted by Crippen LogP contribution is 2.38. The molecule has 1 atom stereocenters. The molecule has 26 heavy (non-hydrogen) atoms. The van der Waals surface area contributed by atoms with Gasteiger partial charge in [-0.3, -0.25) is 14.5 Å². The molecule has 0 aromatic heterocycles. The van der Waals surface area contributed by atoms with Crippen molar-refractivity contribution in [3.63, 3.8) is 0 Å². The van der Waals surface area contributed by atoms with Gasteiger partial charge in [-0.2, -0.15) is 13.2 Å². The van der Waals surface area contributed by atoms with Crippen LogP contribution < -0.4 is 5.32 Å². The average Bonchev–Trinajstić information content (AvgIpc) is 2.82. The summed E-state index contributed by atoms with van der Waals surface area (Å²) in [5.41, 5.74) is -2.89. The van der Waals surface area contributed by atoms with Crippen LogP contribution in [0, 0.1) is 5.92 Å². The van der Waals surface area contributed by atoms with E-state index in [1.165, 1.54) is 0 Å². The summed E-state index contributed by atoms with van der Waals surface area (Å²) in [4.78, 5) is 29.5. The molecule has 2 rings (SSSR count). The first-order valence-corrected chi connectivity index (χ1v) is 8.47. The minimum atomic E-state index is -5.06. The van der Waals surface area contributed by atoms with Crippen molar-refractivity contribution in [2.75, 3.05) is 6.54 Å². The molecule has 1 heterocycles. The van der Waals surface area contributed by atoms with Gasteiger partial charge in [0.25, 0.3) is 5.91 Å². The molecule has 0 fully saturated rings. The zero-order valence-electron chi connectivity index (χ0n) is 14.9. The second kappa shape index (κ2) is 7.47. The van der Waals surface area contributed by atoms with Crippen LogP contribution in [-0.4, -0.2) is 40.9 Å². The van der Waals surface area contributed by atoms with Crippen LogP contribution in [0.4, 0.5) is 13.2 Å². The van der Waals surface area contributed by atoms with Crippen molar-refractivity contribution in [2.45, 2.75) is 45.5 Å². The first-order chi connectivity index (χ1) is 12.1. The minimum absolute atomic E-state index is 0.0739. The molecular formula is C18H22F3N3O2. The molecule has 8 heteroatoms. The molecule has 2 amide bonds. The summed E-state index contributed by atoms with van der Waals surface area (Å²) in [5.74, 6) is -2.37. The van der Waals surface area contributed by atoms with Crippen LogP contribution in [0.1, 0.15) is 39.2 Å². The van der Waals surface area contributed by atoms with Gasteiger partial charge in [-0.25, -0.2) is 4.99 Å². The van der Waals surface area contributed by atoms with Gasteiger partial charge >= 0.3 is 11.8 Å². The van der Waals surface area contributed by atoms with Gasteiger partial charge < -0.3 is 5.32 Å². The monoisotopic (exact) mass is 369 g/mol. The lowest BCUT2D eigenvalue weighted by Gasteiger charge is -2.29. The van der Waals surface area contributed by atoms with Crippen LogP contribution in [0.3, 0.4) is 0 Å². The molecule has 0 bridgehead atoms. The number of nitrogens with zero attached hydrogens (tertiary/aromatic N) is 2. The van der Waals surface area contributed by atoms with E-state index in [9.17, 15) is 22.8 Å². The minimum Gasteiger partial charge on any atom is -0.316 e. The second-order valence-electron chi connectivity index (χ2n) is 6.61. The molecule has 142 valence electrons. The number of aliphatic imine (C=N–C) groups is 1. The third-order valence-corrected chi connectivity index (χ3v) is 3.89. The molecule has 1 aromatic rings. The topological polar surface area (TPSA) is 61.8 Å². The highest BCUT2D eigenvalue weighted by molar-refractivity contribution is 6.16. The average molecular weight is 369 g/mol. The van der Waals surface area contributed by atoms with E-state index in [4.69, 9.17) is 0 Å². The number of hydrogen-bond acceptors (Lipinski definition) is 3. The van der Waals surface area contributed by atoms with Crippen molar-refractivity contribution in [1.29, 1.82) is 0 Å². The molecule has 0 spiro atoms. The highest BCUT2D eigenvalue weighted by Gasteiger charge is 2.67. The lowest BCUT2D eigenvalue weighted by atomic mass is 10.1. The van der Waals surface area contributed by atoms with Gasteiger partial charge in [0.1, 0.15) is 5.84 Å². The van der Waals surface area contributed by atoms with Crippen LogP contribution in [-0.2, 0) is 9.59 Å². The number of benzene rings is 1. The van der Waals surface area contributed by atoms with E-state index in [2.05, 4.69) is 4.99 Å². The Hall–Kier alpha value is -2.38. The maximum atomic E-state index is 13.9. The summed E-state index contributed by atoms with van der Waals surface area (Å²) >= 11 is 0. The Kier molecular flexibility index (Phi) is 5.73. The Morgan fingerprint density at radius 1 is 1.27 bits per heavy atom. The van der Waals surface area contributed by atoms with Gasteiger partial charge in [0.2, 0.25) is 5.91 Å². The zero-order chi connectivity index (χ0) is 19.5. The van der Waals surface area contributed by atoms with Crippen LogP contribution in [0.5, 0.6) is 0 Å². The summed E-state index contributed by atoms with van der Waals surface area (Å²) in [6.07, 6.45) is -4.74. The molecule has 0 saturated carbocycles. The lowest BCUT2D eigenvalue weighted by Crippen LogP contribution is -2.63. The summed E-state index contributed by atoms with van der Waals surface area (Å²) in [6, 6.07) is 8.18. The zero-order valence-corrected chi connectivity index (χ0v) is 14.9. The third kappa shape index (κ3) is 3.73. The third-order valence-electron chi connectivity index (χ3n) is 3.89. The number of amides is 2. The van der Waals surface area contributed by atoms with Gasteiger partial charge in [-0.1, -0.05) is 51.1 Å². The molecular weight excluding hydrogens is 347 g/mol. The van der Waals surface area contributed by atoms with E-state index in [1.54, 1.807) is 51.1 Å². The number of amidine groups is 1. The SMILES string of the molecule is CCCN1C(=O)C(NC(=O)CC(C)C)(C(F)(F)F)N=C1c1ccccc1. The van der Waals surface area contributed by atoms with Crippen LogP contribution in [0.25, 0.3) is 0 Å². The number of alkyl halides is 3. The Balaban J connectivity index is 2.54. The Bertz CT molecular complexity index is 701. The molecule has 1 aromatic carbocycles. The quantitative estimate of drug-likeness (QED) is 0.838. The molecule has 1 aliphatic rings. The Morgan fingerprint density at radius 3 is 2.38 bits per heavy atom. The van der Waals surface area contributed by atoms with Crippen molar-refractivity contribution in [3.05, 3.63) is 35.9 Å². The number of carbonyl (C=O) groups excluding carboxylic acids is 2. The summed E-state index contributed by atoms with van der Waals surface area (Å²) in [5, 5.41) is 1.86. The van der Waals surface area contributed by atoms with Gasteiger partial charge in [-0.05, 0) is 12.3 Å². The van der Waals surface area contributed by atoms with Crippen molar-refractivity contribution in [2.24, 2.45) is 10.9 Å². The largest absolute Gasteiger partial charge is 0.442 e. The standard InChI is InChI=1S/C18H22F3N3O2/c1-4-10-24-15(13-8-6-5-7-9-13)23-17(16(24)26,18(19,20)21)22-14(25)11-12(2)3/h5-9,12H,4,10-11H2,1-3H3,(H,22,25). The summed E-state index contributed by atoms with van der Waals surface area (Å²) in [6.45, 7) is 5.24. The Morgan fingerprint density at radius 2 is 1.88 bits per heavy atom. The molecule has 1 unspecified atom stereocenters. The molecule has 0 radical (unpaired) electrons.